The van der Waals surface area contributed by atoms with Gasteiger partial charge < -0.3 is 10.2 Å². The van der Waals surface area contributed by atoms with Gasteiger partial charge >= 0.3 is 0 Å². The minimum absolute atomic E-state index is 0.538. The molecule has 0 bridgehead atoms. The van der Waals surface area contributed by atoms with E-state index in [4.69, 9.17) is 0 Å². The van der Waals surface area contributed by atoms with Crippen molar-refractivity contribution in [3.8, 4) is 0 Å². The third kappa shape index (κ3) is 2.88. The minimum atomic E-state index is 0.538. The fourth-order valence-corrected chi connectivity index (χ4v) is 3.22. The summed E-state index contributed by atoms with van der Waals surface area (Å²) in [6, 6.07) is 11.8. The van der Waals surface area contributed by atoms with E-state index >= 15 is 0 Å². The average molecular weight is 283 g/mol. The predicted molar refractivity (Wildman–Crippen MR) is 89.8 cm³/mol. The number of anilines is 1. The number of benzene rings is 1. The number of piperazine rings is 1. The Morgan fingerprint density at radius 3 is 2.90 bits per heavy atom. The molecule has 1 aromatic carbocycles. The van der Waals surface area contributed by atoms with Gasteiger partial charge in [0, 0.05) is 30.6 Å². The van der Waals surface area contributed by atoms with Crippen LogP contribution in [0, 0.1) is 5.92 Å². The fraction of sp³-hybridized carbons (Fsp3) is 0.500. The molecule has 0 aliphatic carbocycles. The third-order valence-corrected chi connectivity index (χ3v) is 4.60. The number of pyridine rings is 1. The Kier molecular flexibility index (Phi) is 4.11. The zero-order valence-corrected chi connectivity index (χ0v) is 13.2. The van der Waals surface area contributed by atoms with Crippen LogP contribution in [-0.4, -0.2) is 30.2 Å². The zero-order valence-electron chi connectivity index (χ0n) is 13.2. The van der Waals surface area contributed by atoms with Gasteiger partial charge in [-0.1, -0.05) is 39.0 Å². The molecule has 0 radical (unpaired) electrons. The molecule has 1 saturated heterocycles. The van der Waals surface area contributed by atoms with Crippen LogP contribution in [0.4, 0.5) is 5.69 Å². The Morgan fingerprint density at radius 2 is 2.14 bits per heavy atom. The van der Waals surface area contributed by atoms with Crippen LogP contribution in [0.25, 0.3) is 10.9 Å². The number of nitrogens with one attached hydrogen (secondary N) is 1. The predicted octanol–water partition coefficient (Wildman–Crippen LogP) is 3.45. The number of para-hydroxylation sites is 1. The summed E-state index contributed by atoms with van der Waals surface area (Å²) in [5, 5.41) is 4.90. The van der Waals surface area contributed by atoms with Gasteiger partial charge in [0.15, 0.2) is 0 Å². The maximum absolute atomic E-state index is 4.64. The van der Waals surface area contributed by atoms with E-state index in [2.05, 4.69) is 60.2 Å². The van der Waals surface area contributed by atoms with Crippen LogP contribution >= 0.6 is 0 Å². The number of rotatable bonds is 3. The monoisotopic (exact) mass is 283 g/mol. The average Bonchev–Trinajstić information content (AvgIpc) is 2.53. The Balaban J connectivity index is 1.96. The lowest BCUT2D eigenvalue weighted by Gasteiger charge is -2.43. The molecule has 2 aromatic rings. The van der Waals surface area contributed by atoms with Gasteiger partial charge in [0.1, 0.15) is 0 Å². The standard InChI is InChI=1S/C18H25N3/c1-4-15-12-21(18(11-19-15)13(2)3)16-9-14-7-5-6-8-17(14)20-10-16/h5-10,13,15,18-19H,4,11-12H2,1-3H3. The van der Waals surface area contributed by atoms with Crippen molar-refractivity contribution in [1.29, 1.82) is 0 Å². The van der Waals surface area contributed by atoms with Crippen LogP contribution < -0.4 is 10.2 Å². The van der Waals surface area contributed by atoms with Gasteiger partial charge in [-0.3, -0.25) is 4.98 Å². The van der Waals surface area contributed by atoms with Gasteiger partial charge in [-0.25, -0.2) is 0 Å². The summed E-state index contributed by atoms with van der Waals surface area (Å²) in [5.41, 5.74) is 2.33. The van der Waals surface area contributed by atoms with Crippen molar-refractivity contribution in [2.75, 3.05) is 18.0 Å². The number of aromatic nitrogens is 1. The highest BCUT2D eigenvalue weighted by Crippen LogP contribution is 2.26. The highest BCUT2D eigenvalue weighted by Gasteiger charge is 2.29. The SMILES string of the molecule is CCC1CN(c2cnc3ccccc3c2)C(C(C)C)CN1. The number of fused-ring (bicyclic) bond motifs is 1. The Hall–Kier alpha value is -1.61. The Morgan fingerprint density at radius 1 is 1.33 bits per heavy atom. The zero-order chi connectivity index (χ0) is 14.8. The van der Waals surface area contributed by atoms with Gasteiger partial charge in [-0.15, -0.1) is 0 Å². The summed E-state index contributed by atoms with van der Waals surface area (Å²) in [6.45, 7) is 8.99. The van der Waals surface area contributed by atoms with Gasteiger partial charge in [0.25, 0.3) is 0 Å². The molecule has 2 heterocycles. The highest BCUT2D eigenvalue weighted by atomic mass is 15.2. The second kappa shape index (κ2) is 6.02. The van der Waals surface area contributed by atoms with Crippen LogP contribution in [0.5, 0.6) is 0 Å². The first-order valence-corrected chi connectivity index (χ1v) is 8.04. The van der Waals surface area contributed by atoms with E-state index in [1.165, 1.54) is 17.5 Å². The highest BCUT2D eigenvalue weighted by molar-refractivity contribution is 5.81. The lowest BCUT2D eigenvalue weighted by Crippen LogP contribution is -2.58. The van der Waals surface area contributed by atoms with E-state index in [1.54, 1.807) is 0 Å². The summed E-state index contributed by atoms with van der Waals surface area (Å²) in [5.74, 6) is 0.627. The first-order chi connectivity index (χ1) is 10.2. The van der Waals surface area contributed by atoms with E-state index in [9.17, 15) is 0 Å². The van der Waals surface area contributed by atoms with Crippen molar-refractivity contribution in [3.05, 3.63) is 36.5 Å². The third-order valence-electron chi connectivity index (χ3n) is 4.60. The van der Waals surface area contributed by atoms with Crippen LogP contribution in [0.2, 0.25) is 0 Å². The first-order valence-electron chi connectivity index (χ1n) is 8.04. The van der Waals surface area contributed by atoms with Crippen molar-refractivity contribution in [2.24, 2.45) is 5.92 Å². The normalized spacial score (nSPS) is 23.0. The molecule has 0 saturated carbocycles. The molecule has 1 N–H and O–H groups in total. The quantitative estimate of drug-likeness (QED) is 0.935. The number of hydrogen-bond donors (Lipinski definition) is 1. The molecule has 3 heteroatoms. The molecular formula is C18H25N3. The van der Waals surface area contributed by atoms with E-state index in [0.717, 1.165) is 18.6 Å². The molecule has 1 aromatic heterocycles. The first kappa shape index (κ1) is 14.3. The Bertz CT molecular complexity index is 608. The lowest BCUT2D eigenvalue weighted by atomic mass is 9.97. The van der Waals surface area contributed by atoms with E-state index in [-0.39, 0.29) is 0 Å². The molecule has 3 nitrogen and oxygen atoms in total. The van der Waals surface area contributed by atoms with Crippen LogP contribution in [0.3, 0.4) is 0 Å². The van der Waals surface area contributed by atoms with Crippen LogP contribution in [-0.2, 0) is 0 Å². The van der Waals surface area contributed by atoms with Gasteiger partial charge in [0.2, 0.25) is 0 Å². The molecule has 1 aliphatic heterocycles. The molecule has 1 aliphatic rings. The Labute approximate surface area is 127 Å². The van der Waals surface area contributed by atoms with E-state index < -0.39 is 0 Å². The fourth-order valence-electron chi connectivity index (χ4n) is 3.22. The van der Waals surface area contributed by atoms with Crippen LogP contribution in [0.15, 0.2) is 36.5 Å². The van der Waals surface area contributed by atoms with Crippen molar-refractivity contribution in [2.45, 2.75) is 39.3 Å². The van der Waals surface area contributed by atoms with Crippen molar-refractivity contribution in [3.63, 3.8) is 0 Å². The maximum Gasteiger partial charge on any atom is 0.0703 e. The van der Waals surface area contributed by atoms with Crippen molar-refractivity contribution < 1.29 is 0 Å². The molecular weight excluding hydrogens is 258 g/mol. The van der Waals surface area contributed by atoms with Gasteiger partial charge in [-0.2, -0.15) is 0 Å². The summed E-state index contributed by atoms with van der Waals surface area (Å²) in [7, 11) is 0. The summed E-state index contributed by atoms with van der Waals surface area (Å²) in [4.78, 5) is 7.19. The molecule has 112 valence electrons. The lowest BCUT2D eigenvalue weighted by molar-refractivity contribution is 0.333. The van der Waals surface area contributed by atoms with Crippen molar-refractivity contribution in [1.82, 2.24) is 10.3 Å². The molecule has 2 unspecified atom stereocenters. The van der Waals surface area contributed by atoms with Crippen molar-refractivity contribution >= 4 is 16.6 Å². The molecule has 0 amide bonds. The topological polar surface area (TPSA) is 28.2 Å². The number of nitrogens with zero attached hydrogens (tertiary/aromatic N) is 2. The molecule has 21 heavy (non-hydrogen) atoms. The number of hydrogen-bond acceptors (Lipinski definition) is 3. The van der Waals surface area contributed by atoms with Gasteiger partial charge in [-0.05, 0) is 24.5 Å². The summed E-state index contributed by atoms with van der Waals surface area (Å²) in [6.07, 6.45) is 3.21. The largest absolute Gasteiger partial charge is 0.364 e. The second-order valence-corrected chi connectivity index (χ2v) is 6.36. The van der Waals surface area contributed by atoms with E-state index in [1.807, 2.05) is 12.3 Å². The molecule has 1 fully saturated rings. The molecule has 3 rings (SSSR count). The van der Waals surface area contributed by atoms with Gasteiger partial charge in [0.05, 0.1) is 17.4 Å². The van der Waals surface area contributed by atoms with E-state index in [0.29, 0.717) is 18.0 Å². The molecule has 0 spiro atoms. The summed E-state index contributed by atoms with van der Waals surface area (Å²) < 4.78 is 0. The maximum atomic E-state index is 4.64. The smallest absolute Gasteiger partial charge is 0.0703 e. The van der Waals surface area contributed by atoms with Crippen LogP contribution in [0.1, 0.15) is 27.2 Å². The molecule has 2 atom stereocenters. The minimum Gasteiger partial charge on any atom is -0.364 e. The summed E-state index contributed by atoms with van der Waals surface area (Å²) >= 11 is 0. The second-order valence-electron chi connectivity index (χ2n) is 6.36.